The van der Waals surface area contributed by atoms with E-state index >= 15 is 0 Å². The number of nitrogens with zero attached hydrogens (tertiary/aromatic N) is 1. The predicted octanol–water partition coefficient (Wildman–Crippen LogP) is 3.22. The van der Waals surface area contributed by atoms with Gasteiger partial charge in [-0.1, -0.05) is 24.1 Å². The van der Waals surface area contributed by atoms with Crippen molar-refractivity contribution in [2.75, 3.05) is 13.2 Å². The highest BCUT2D eigenvalue weighted by molar-refractivity contribution is 6.30. The summed E-state index contributed by atoms with van der Waals surface area (Å²) in [5, 5.41) is 9.51. The van der Waals surface area contributed by atoms with E-state index in [1.807, 2.05) is 0 Å². The molecular weight excluding hydrogens is 253 g/mol. The molecule has 100 valence electrons. The van der Waals surface area contributed by atoms with Crippen molar-refractivity contribution >= 4 is 11.6 Å². The van der Waals surface area contributed by atoms with E-state index in [4.69, 9.17) is 16.7 Å². The summed E-state index contributed by atoms with van der Waals surface area (Å²) in [7, 11) is 0. The van der Waals surface area contributed by atoms with Crippen LogP contribution >= 0.6 is 11.6 Å². The van der Waals surface area contributed by atoms with E-state index in [1.54, 1.807) is 12.1 Å². The van der Waals surface area contributed by atoms with Gasteiger partial charge in [0.15, 0.2) is 0 Å². The highest BCUT2D eigenvalue weighted by atomic mass is 35.5. The fraction of sp³-hybridized carbons (Fsp3) is 0.571. The van der Waals surface area contributed by atoms with E-state index in [0.29, 0.717) is 23.2 Å². The zero-order chi connectivity index (χ0) is 13.0. The first kappa shape index (κ1) is 13.8. The molecule has 4 heteroatoms. The van der Waals surface area contributed by atoms with Gasteiger partial charge in [-0.15, -0.1) is 0 Å². The first-order valence-corrected chi connectivity index (χ1v) is 6.87. The van der Waals surface area contributed by atoms with Gasteiger partial charge in [0.05, 0.1) is 0 Å². The Kier molecular flexibility index (Phi) is 4.98. The lowest BCUT2D eigenvalue weighted by molar-refractivity contribution is 0.111. The SMILES string of the molecule is OCCC1CCCCN1Cc1ccc(Cl)cc1F. The molecule has 1 fully saturated rings. The molecule has 0 spiro atoms. The van der Waals surface area contributed by atoms with Gasteiger partial charge in [0.1, 0.15) is 5.82 Å². The number of hydrogen-bond acceptors (Lipinski definition) is 2. The molecule has 1 aliphatic heterocycles. The summed E-state index contributed by atoms with van der Waals surface area (Å²) in [6.45, 7) is 1.78. The van der Waals surface area contributed by atoms with E-state index in [2.05, 4.69) is 4.90 Å². The lowest BCUT2D eigenvalue weighted by Gasteiger charge is -2.35. The fourth-order valence-corrected chi connectivity index (χ4v) is 2.77. The van der Waals surface area contributed by atoms with E-state index in [-0.39, 0.29) is 12.4 Å². The molecule has 1 N–H and O–H groups in total. The Balaban J connectivity index is 2.06. The molecule has 2 rings (SSSR count). The zero-order valence-corrected chi connectivity index (χ0v) is 11.2. The maximum atomic E-state index is 13.8. The van der Waals surface area contributed by atoms with E-state index in [1.165, 1.54) is 12.5 Å². The van der Waals surface area contributed by atoms with Crippen LogP contribution in [0.2, 0.25) is 5.02 Å². The Morgan fingerprint density at radius 2 is 2.22 bits per heavy atom. The van der Waals surface area contributed by atoms with Crippen LogP contribution < -0.4 is 0 Å². The average molecular weight is 272 g/mol. The van der Waals surface area contributed by atoms with Gasteiger partial charge in [-0.05, 0) is 37.9 Å². The highest BCUT2D eigenvalue weighted by Crippen LogP contribution is 2.23. The second-order valence-electron chi connectivity index (χ2n) is 4.87. The average Bonchev–Trinajstić information content (AvgIpc) is 2.35. The molecule has 2 nitrogen and oxygen atoms in total. The van der Waals surface area contributed by atoms with Crippen molar-refractivity contribution in [3.05, 3.63) is 34.6 Å². The number of hydrogen-bond donors (Lipinski definition) is 1. The Hall–Kier alpha value is -0.640. The van der Waals surface area contributed by atoms with E-state index < -0.39 is 0 Å². The molecule has 0 bridgehead atoms. The highest BCUT2D eigenvalue weighted by Gasteiger charge is 2.22. The van der Waals surface area contributed by atoms with Gasteiger partial charge in [-0.2, -0.15) is 0 Å². The van der Waals surface area contributed by atoms with E-state index in [0.717, 1.165) is 25.8 Å². The quantitative estimate of drug-likeness (QED) is 0.909. The van der Waals surface area contributed by atoms with Crippen LogP contribution in [0.3, 0.4) is 0 Å². The van der Waals surface area contributed by atoms with Crippen LogP contribution in [0.15, 0.2) is 18.2 Å². The maximum Gasteiger partial charge on any atom is 0.129 e. The molecule has 1 unspecified atom stereocenters. The lowest BCUT2D eigenvalue weighted by atomic mass is 9.99. The number of rotatable bonds is 4. The molecule has 0 aromatic heterocycles. The molecule has 1 aromatic carbocycles. The zero-order valence-electron chi connectivity index (χ0n) is 10.4. The van der Waals surface area contributed by atoms with Crippen molar-refractivity contribution in [2.45, 2.75) is 38.3 Å². The Bertz CT molecular complexity index is 397. The minimum absolute atomic E-state index is 0.199. The van der Waals surface area contributed by atoms with Gasteiger partial charge in [0, 0.05) is 29.8 Å². The van der Waals surface area contributed by atoms with Crippen LogP contribution in [0.4, 0.5) is 4.39 Å². The topological polar surface area (TPSA) is 23.5 Å². The third-order valence-electron chi connectivity index (χ3n) is 3.60. The van der Waals surface area contributed by atoms with Crippen LogP contribution in [0.5, 0.6) is 0 Å². The molecule has 1 atom stereocenters. The summed E-state index contributed by atoms with van der Waals surface area (Å²) >= 11 is 5.75. The molecule has 1 heterocycles. The van der Waals surface area contributed by atoms with Crippen LogP contribution in [0.25, 0.3) is 0 Å². The third-order valence-corrected chi connectivity index (χ3v) is 3.84. The first-order chi connectivity index (χ1) is 8.70. The summed E-state index contributed by atoms with van der Waals surface area (Å²) in [5.74, 6) is -0.240. The minimum atomic E-state index is -0.240. The Morgan fingerprint density at radius 1 is 1.39 bits per heavy atom. The smallest absolute Gasteiger partial charge is 0.129 e. The fourth-order valence-electron chi connectivity index (χ4n) is 2.61. The normalized spacial score (nSPS) is 21.2. The summed E-state index contributed by atoms with van der Waals surface area (Å²) in [6, 6.07) is 5.22. The number of aliphatic hydroxyl groups excluding tert-OH is 1. The molecular formula is C14H19ClFNO. The maximum absolute atomic E-state index is 13.8. The summed E-state index contributed by atoms with van der Waals surface area (Å²) < 4.78 is 13.8. The van der Waals surface area contributed by atoms with Crippen molar-refractivity contribution in [1.82, 2.24) is 4.90 Å². The summed E-state index contributed by atoms with van der Waals surface area (Å²) in [4.78, 5) is 2.27. The van der Waals surface area contributed by atoms with Gasteiger partial charge in [-0.3, -0.25) is 4.90 Å². The van der Waals surface area contributed by atoms with Crippen molar-refractivity contribution in [2.24, 2.45) is 0 Å². The standard InChI is InChI=1S/C14H19ClFNO/c15-12-5-4-11(14(16)9-12)10-17-7-2-1-3-13(17)6-8-18/h4-5,9,13,18H,1-3,6-8,10H2. The monoisotopic (exact) mass is 271 g/mol. The Labute approximate surface area is 112 Å². The van der Waals surface area contributed by atoms with Crippen molar-refractivity contribution in [3.8, 4) is 0 Å². The van der Waals surface area contributed by atoms with Gasteiger partial charge in [0.2, 0.25) is 0 Å². The predicted molar refractivity (Wildman–Crippen MR) is 71.2 cm³/mol. The second kappa shape index (κ2) is 6.50. The van der Waals surface area contributed by atoms with Crippen molar-refractivity contribution in [3.63, 3.8) is 0 Å². The molecule has 18 heavy (non-hydrogen) atoms. The van der Waals surface area contributed by atoms with Gasteiger partial charge in [0.25, 0.3) is 0 Å². The number of benzene rings is 1. The third kappa shape index (κ3) is 3.44. The lowest BCUT2D eigenvalue weighted by Crippen LogP contribution is -2.39. The van der Waals surface area contributed by atoms with Gasteiger partial charge >= 0.3 is 0 Å². The molecule has 1 aromatic rings. The molecule has 0 saturated carbocycles. The number of aliphatic hydroxyl groups is 1. The van der Waals surface area contributed by atoms with Crippen LogP contribution in [0, 0.1) is 5.82 Å². The molecule has 0 aliphatic carbocycles. The van der Waals surface area contributed by atoms with Crippen LogP contribution in [-0.2, 0) is 6.54 Å². The number of piperidine rings is 1. The summed E-state index contributed by atoms with van der Waals surface area (Å²) in [5.41, 5.74) is 0.684. The van der Waals surface area contributed by atoms with Crippen LogP contribution in [0.1, 0.15) is 31.2 Å². The molecule has 1 saturated heterocycles. The largest absolute Gasteiger partial charge is 0.396 e. The minimum Gasteiger partial charge on any atom is -0.396 e. The second-order valence-corrected chi connectivity index (χ2v) is 5.30. The summed E-state index contributed by atoms with van der Waals surface area (Å²) in [6.07, 6.45) is 4.21. The number of halogens is 2. The van der Waals surface area contributed by atoms with Gasteiger partial charge < -0.3 is 5.11 Å². The van der Waals surface area contributed by atoms with Crippen molar-refractivity contribution < 1.29 is 9.50 Å². The molecule has 0 amide bonds. The molecule has 0 radical (unpaired) electrons. The van der Waals surface area contributed by atoms with Crippen LogP contribution in [-0.4, -0.2) is 29.2 Å². The first-order valence-electron chi connectivity index (χ1n) is 6.49. The van der Waals surface area contributed by atoms with Crippen molar-refractivity contribution in [1.29, 1.82) is 0 Å². The van der Waals surface area contributed by atoms with Gasteiger partial charge in [-0.25, -0.2) is 4.39 Å². The number of likely N-dealkylation sites (tertiary alicyclic amines) is 1. The van der Waals surface area contributed by atoms with E-state index in [9.17, 15) is 4.39 Å². The Morgan fingerprint density at radius 3 is 2.94 bits per heavy atom. The molecule has 1 aliphatic rings.